The Bertz CT molecular complexity index is 452. The van der Waals surface area contributed by atoms with E-state index in [1.807, 2.05) is 0 Å². The van der Waals surface area contributed by atoms with Crippen LogP contribution in [0.4, 0.5) is 0 Å². The minimum absolute atomic E-state index is 0.0341. The van der Waals surface area contributed by atoms with Crippen molar-refractivity contribution in [3.05, 3.63) is 41.5 Å². The number of phenolic OH excluding ortho intramolecular Hbond substituents is 1. The zero-order valence-electron chi connectivity index (χ0n) is 10.5. The van der Waals surface area contributed by atoms with Gasteiger partial charge in [-0.2, -0.15) is 0 Å². The van der Waals surface area contributed by atoms with E-state index in [9.17, 15) is 9.90 Å². The molecular weight excluding hydrogens is 226 g/mol. The van der Waals surface area contributed by atoms with Gasteiger partial charge in [-0.3, -0.25) is 4.79 Å². The number of nitrogens with one attached hydrogen (secondary N) is 1. The molecule has 2 rings (SSSR count). The zero-order chi connectivity index (χ0) is 12.8. The second-order valence-electron chi connectivity index (χ2n) is 4.63. The SMILES string of the molecule is O=C(NCCC1=CCCCC1)c1ccccc1O. The van der Waals surface area contributed by atoms with Gasteiger partial charge in [0.15, 0.2) is 0 Å². The summed E-state index contributed by atoms with van der Waals surface area (Å²) in [5.41, 5.74) is 1.79. The molecule has 96 valence electrons. The maximum atomic E-state index is 11.8. The molecule has 3 nitrogen and oxygen atoms in total. The Morgan fingerprint density at radius 3 is 2.83 bits per heavy atom. The molecule has 2 N–H and O–H groups in total. The molecule has 1 aromatic rings. The minimum Gasteiger partial charge on any atom is -0.507 e. The van der Waals surface area contributed by atoms with Crippen molar-refractivity contribution >= 4 is 5.91 Å². The largest absolute Gasteiger partial charge is 0.507 e. The molecular formula is C15H19NO2. The first kappa shape index (κ1) is 12.7. The molecule has 0 fully saturated rings. The lowest BCUT2D eigenvalue weighted by atomic mass is 9.97. The van der Waals surface area contributed by atoms with Crippen LogP contribution < -0.4 is 5.32 Å². The lowest BCUT2D eigenvalue weighted by molar-refractivity contribution is 0.0951. The van der Waals surface area contributed by atoms with Crippen molar-refractivity contribution in [2.45, 2.75) is 32.1 Å². The summed E-state index contributed by atoms with van der Waals surface area (Å²) in [6.07, 6.45) is 8.08. The summed E-state index contributed by atoms with van der Waals surface area (Å²) in [4.78, 5) is 11.8. The highest BCUT2D eigenvalue weighted by Crippen LogP contribution is 2.19. The van der Waals surface area contributed by atoms with E-state index in [2.05, 4.69) is 11.4 Å². The first-order valence-electron chi connectivity index (χ1n) is 6.51. The maximum Gasteiger partial charge on any atom is 0.255 e. The number of para-hydroxylation sites is 1. The van der Waals surface area contributed by atoms with Crippen LogP contribution in [-0.4, -0.2) is 17.6 Å². The molecule has 1 aromatic carbocycles. The van der Waals surface area contributed by atoms with Gasteiger partial charge < -0.3 is 10.4 Å². The average molecular weight is 245 g/mol. The van der Waals surface area contributed by atoms with Crippen molar-refractivity contribution in [1.82, 2.24) is 5.32 Å². The first-order valence-corrected chi connectivity index (χ1v) is 6.51. The Labute approximate surface area is 108 Å². The smallest absolute Gasteiger partial charge is 0.255 e. The van der Waals surface area contributed by atoms with Crippen LogP contribution in [-0.2, 0) is 0 Å². The highest BCUT2D eigenvalue weighted by Gasteiger charge is 2.10. The summed E-state index contributed by atoms with van der Waals surface area (Å²) in [5, 5.41) is 12.4. The van der Waals surface area contributed by atoms with Gasteiger partial charge in [-0.05, 0) is 44.2 Å². The number of benzene rings is 1. The van der Waals surface area contributed by atoms with E-state index in [0.717, 1.165) is 12.8 Å². The zero-order valence-corrected chi connectivity index (χ0v) is 10.5. The third-order valence-corrected chi connectivity index (χ3v) is 3.27. The summed E-state index contributed by atoms with van der Waals surface area (Å²) in [5.74, 6) is -0.170. The lowest BCUT2D eigenvalue weighted by Gasteiger charge is -2.13. The van der Waals surface area contributed by atoms with E-state index < -0.39 is 0 Å². The van der Waals surface area contributed by atoms with Gasteiger partial charge in [-0.25, -0.2) is 0 Å². The molecule has 0 bridgehead atoms. The number of carbonyl (C=O) groups excluding carboxylic acids is 1. The van der Waals surface area contributed by atoms with Crippen LogP contribution in [0.1, 0.15) is 42.5 Å². The monoisotopic (exact) mass is 245 g/mol. The summed E-state index contributed by atoms with van der Waals surface area (Å²) in [7, 11) is 0. The van der Waals surface area contributed by atoms with Gasteiger partial charge in [0.25, 0.3) is 5.91 Å². The van der Waals surface area contributed by atoms with Crippen LogP contribution in [0.3, 0.4) is 0 Å². The number of phenols is 1. The van der Waals surface area contributed by atoms with Gasteiger partial charge in [-0.15, -0.1) is 0 Å². The van der Waals surface area contributed by atoms with Gasteiger partial charge in [0.05, 0.1) is 5.56 Å². The Hall–Kier alpha value is -1.77. The minimum atomic E-state index is -0.204. The number of hydrogen-bond donors (Lipinski definition) is 2. The molecule has 1 aliphatic carbocycles. The van der Waals surface area contributed by atoms with Crippen molar-refractivity contribution in [3.63, 3.8) is 0 Å². The molecule has 1 amide bonds. The molecule has 0 spiro atoms. The van der Waals surface area contributed by atoms with E-state index in [1.54, 1.807) is 18.2 Å². The molecule has 3 heteroatoms. The number of amides is 1. The second-order valence-corrected chi connectivity index (χ2v) is 4.63. The summed E-state index contributed by atoms with van der Waals surface area (Å²) in [6, 6.07) is 6.61. The van der Waals surface area contributed by atoms with Crippen molar-refractivity contribution in [2.24, 2.45) is 0 Å². The molecule has 1 aliphatic rings. The average Bonchev–Trinajstić information content (AvgIpc) is 2.40. The quantitative estimate of drug-likeness (QED) is 0.801. The van der Waals surface area contributed by atoms with Gasteiger partial charge in [-0.1, -0.05) is 23.8 Å². The van der Waals surface area contributed by atoms with Crippen molar-refractivity contribution in [1.29, 1.82) is 0 Å². The van der Waals surface area contributed by atoms with Crippen molar-refractivity contribution in [3.8, 4) is 5.75 Å². The number of hydrogen-bond acceptors (Lipinski definition) is 2. The van der Waals surface area contributed by atoms with Crippen LogP contribution in [0.2, 0.25) is 0 Å². The molecule has 18 heavy (non-hydrogen) atoms. The molecule has 0 atom stereocenters. The first-order chi connectivity index (χ1) is 8.77. The molecule has 0 saturated carbocycles. The van der Waals surface area contributed by atoms with Crippen LogP contribution >= 0.6 is 0 Å². The molecule has 0 radical (unpaired) electrons. The summed E-state index contributed by atoms with van der Waals surface area (Å²) in [6.45, 7) is 0.638. The number of carbonyl (C=O) groups is 1. The molecule has 0 aromatic heterocycles. The van der Waals surface area contributed by atoms with Gasteiger partial charge in [0.2, 0.25) is 0 Å². The molecule has 0 aliphatic heterocycles. The van der Waals surface area contributed by atoms with Gasteiger partial charge in [0.1, 0.15) is 5.75 Å². The van der Waals surface area contributed by atoms with E-state index in [4.69, 9.17) is 0 Å². The normalized spacial score (nSPS) is 15.0. The van der Waals surface area contributed by atoms with E-state index in [1.165, 1.54) is 30.9 Å². The Balaban J connectivity index is 1.82. The Morgan fingerprint density at radius 1 is 1.28 bits per heavy atom. The summed E-state index contributed by atoms with van der Waals surface area (Å²) >= 11 is 0. The van der Waals surface area contributed by atoms with Crippen molar-refractivity contribution in [2.75, 3.05) is 6.54 Å². The second kappa shape index (κ2) is 6.24. The topological polar surface area (TPSA) is 49.3 Å². The van der Waals surface area contributed by atoms with E-state index >= 15 is 0 Å². The fraction of sp³-hybridized carbons (Fsp3) is 0.400. The third-order valence-electron chi connectivity index (χ3n) is 3.27. The van der Waals surface area contributed by atoms with Crippen molar-refractivity contribution < 1.29 is 9.90 Å². The van der Waals surface area contributed by atoms with Gasteiger partial charge >= 0.3 is 0 Å². The molecule has 0 saturated heterocycles. The standard InChI is InChI=1S/C15H19NO2/c17-14-9-5-4-8-13(14)15(18)16-11-10-12-6-2-1-3-7-12/h4-6,8-9,17H,1-3,7,10-11H2,(H,16,18). The molecule has 0 heterocycles. The fourth-order valence-corrected chi connectivity index (χ4v) is 2.23. The number of aromatic hydroxyl groups is 1. The van der Waals surface area contributed by atoms with Crippen LogP contribution in [0.5, 0.6) is 5.75 Å². The third kappa shape index (κ3) is 3.36. The Morgan fingerprint density at radius 2 is 2.11 bits per heavy atom. The van der Waals surface area contributed by atoms with Gasteiger partial charge in [0, 0.05) is 6.54 Å². The number of allylic oxidation sites excluding steroid dienone is 1. The lowest BCUT2D eigenvalue weighted by Crippen LogP contribution is -2.24. The highest BCUT2D eigenvalue weighted by atomic mass is 16.3. The van der Waals surface area contributed by atoms with E-state index in [0.29, 0.717) is 12.1 Å². The van der Waals surface area contributed by atoms with E-state index in [-0.39, 0.29) is 11.7 Å². The maximum absolute atomic E-state index is 11.8. The van der Waals surface area contributed by atoms with Crippen LogP contribution in [0, 0.1) is 0 Å². The molecule has 0 unspecified atom stereocenters. The highest BCUT2D eigenvalue weighted by molar-refractivity contribution is 5.96. The van der Waals surface area contributed by atoms with Crippen LogP contribution in [0.25, 0.3) is 0 Å². The number of rotatable bonds is 4. The predicted octanol–water partition coefficient (Wildman–Crippen LogP) is 3.01. The summed E-state index contributed by atoms with van der Waals surface area (Å²) < 4.78 is 0. The predicted molar refractivity (Wildman–Crippen MR) is 71.6 cm³/mol. The Kier molecular flexibility index (Phi) is 4.40. The van der Waals surface area contributed by atoms with Crippen LogP contribution in [0.15, 0.2) is 35.9 Å². The fourth-order valence-electron chi connectivity index (χ4n) is 2.23.